The second-order valence-electron chi connectivity index (χ2n) is 6.59. The molecule has 4 rings (SSSR count). The van der Waals surface area contributed by atoms with Crippen molar-refractivity contribution in [2.75, 3.05) is 18.5 Å². The van der Waals surface area contributed by atoms with E-state index in [1.807, 2.05) is 0 Å². The molecule has 0 saturated carbocycles. The molecule has 2 aromatic rings. The Kier molecular flexibility index (Phi) is 5.35. The highest BCUT2D eigenvalue weighted by Gasteiger charge is 2.20. The number of esters is 1. The average Bonchev–Trinajstić information content (AvgIpc) is 3.10. The molecular weight excluding hydrogens is 405 g/mol. The van der Waals surface area contributed by atoms with Gasteiger partial charge in [-0.3, -0.25) is 9.59 Å². The van der Waals surface area contributed by atoms with E-state index in [-0.39, 0.29) is 24.2 Å². The summed E-state index contributed by atoms with van der Waals surface area (Å²) in [6.45, 7) is 1.66. The zero-order valence-electron chi connectivity index (χ0n) is 16.4. The van der Waals surface area contributed by atoms with Crippen LogP contribution in [0.3, 0.4) is 0 Å². The first-order chi connectivity index (χ1) is 15.0. The second-order valence-corrected chi connectivity index (χ2v) is 6.59. The predicted molar refractivity (Wildman–Crippen MR) is 112 cm³/mol. The maximum absolute atomic E-state index is 14.0. The summed E-state index contributed by atoms with van der Waals surface area (Å²) in [7, 11) is 0. The monoisotopic (exact) mass is 423 g/mol. The number of para-hydroxylation sites is 1. The van der Waals surface area contributed by atoms with Gasteiger partial charge in [-0.05, 0) is 37.3 Å². The third-order valence-electron chi connectivity index (χ3n) is 4.58. The fourth-order valence-electron chi connectivity index (χ4n) is 3.16. The van der Waals surface area contributed by atoms with Gasteiger partial charge in [-0.15, -0.1) is 0 Å². The van der Waals surface area contributed by atoms with E-state index in [2.05, 4.69) is 20.7 Å². The van der Waals surface area contributed by atoms with Crippen molar-refractivity contribution in [1.29, 1.82) is 0 Å². The minimum absolute atomic E-state index is 0.233. The largest absolute Gasteiger partial charge is 0.465 e. The molecule has 0 fully saturated rings. The van der Waals surface area contributed by atoms with Crippen LogP contribution in [-0.4, -0.2) is 39.9 Å². The number of aromatic amines is 1. The molecule has 3 N–H and O–H groups in total. The zero-order valence-corrected chi connectivity index (χ0v) is 16.4. The minimum Gasteiger partial charge on any atom is -0.465 e. The van der Waals surface area contributed by atoms with E-state index in [0.29, 0.717) is 28.0 Å². The predicted octanol–water partition coefficient (Wildman–Crippen LogP) is 2.64. The third kappa shape index (κ3) is 3.95. The Bertz CT molecular complexity index is 1300. The van der Waals surface area contributed by atoms with Gasteiger partial charge in [0.15, 0.2) is 0 Å². The van der Waals surface area contributed by atoms with Crippen molar-refractivity contribution in [3.05, 3.63) is 64.8 Å². The number of rotatable bonds is 5. The SMILES string of the molecule is CCOC(=O)CNC(=O)Nc1ccc(-n2nc3c4cccc(F)c4[nH]cc-3c2=O)cc1. The van der Waals surface area contributed by atoms with E-state index in [4.69, 9.17) is 4.74 Å². The van der Waals surface area contributed by atoms with Crippen LogP contribution in [0.4, 0.5) is 14.9 Å². The molecule has 2 aliphatic heterocycles. The fraction of sp³-hybridized carbons (Fsp3) is 0.143. The first-order valence-corrected chi connectivity index (χ1v) is 9.47. The van der Waals surface area contributed by atoms with Gasteiger partial charge >= 0.3 is 12.0 Å². The van der Waals surface area contributed by atoms with Gasteiger partial charge in [0.1, 0.15) is 18.1 Å². The molecule has 9 nitrogen and oxygen atoms in total. The van der Waals surface area contributed by atoms with E-state index < -0.39 is 17.8 Å². The molecule has 0 bridgehead atoms. The number of fused-ring (bicyclic) bond motifs is 3. The van der Waals surface area contributed by atoms with Crippen LogP contribution >= 0.6 is 0 Å². The van der Waals surface area contributed by atoms with Crippen LogP contribution in [0.15, 0.2) is 53.5 Å². The van der Waals surface area contributed by atoms with Gasteiger partial charge in [0.2, 0.25) is 0 Å². The van der Waals surface area contributed by atoms with E-state index in [9.17, 15) is 18.8 Å². The number of aromatic nitrogens is 3. The summed E-state index contributed by atoms with van der Waals surface area (Å²) in [6, 6.07) is 10.4. The summed E-state index contributed by atoms with van der Waals surface area (Å²) in [4.78, 5) is 38.7. The minimum atomic E-state index is -0.570. The molecule has 2 aromatic carbocycles. The van der Waals surface area contributed by atoms with Crippen molar-refractivity contribution in [2.24, 2.45) is 0 Å². The molecule has 0 aliphatic carbocycles. The lowest BCUT2D eigenvalue weighted by Gasteiger charge is -2.08. The number of anilines is 1. The Balaban J connectivity index is 1.56. The summed E-state index contributed by atoms with van der Waals surface area (Å²) >= 11 is 0. The Morgan fingerprint density at radius 2 is 1.97 bits per heavy atom. The Morgan fingerprint density at radius 1 is 1.19 bits per heavy atom. The molecule has 158 valence electrons. The molecule has 0 atom stereocenters. The number of carbonyl (C=O) groups excluding carboxylic acids is 2. The molecule has 2 heterocycles. The molecule has 2 amide bonds. The molecular formula is C21H18FN5O4. The first kappa shape index (κ1) is 20.1. The average molecular weight is 423 g/mol. The zero-order chi connectivity index (χ0) is 22.0. The third-order valence-corrected chi connectivity index (χ3v) is 4.58. The number of nitrogens with zero attached hydrogens (tertiary/aromatic N) is 2. The van der Waals surface area contributed by atoms with Gasteiger partial charge in [-0.2, -0.15) is 9.78 Å². The van der Waals surface area contributed by atoms with Crippen molar-refractivity contribution in [2.45, 2.75) is 6.92 Å². The molecule has 10 heteroatoms. The number of benzene rings is 2. The molecule has 2 aliphatic rings. The number of carbonyl (C=O) groups is 2. The molecule has 0 saturated heterocycles. The van der Waals surface area contributed by atoms with Gasteiger partial charge in [0.05, 0.1) is 23.4 Å². The van der Waals surface area contributed by atoms with E-state index in [1.54, 1.807) is 43.3 Å². The maximum atomic E-state index is 14.0. The van der Waals surface area contributed by atoms with Crippen molar-refractivity contribution >= 4 is 28.6 Å². The smallest absolute Gasteiger partial charge is 0.325 e. The molecule has 0 spiro atoms. The van der Waals surface area contributed by atoms with Gasteiger partial charge in [0.25, 0.3) is 5.56 Å². The normalized spacial score (nSPS) is 10.9. The number of H-pyrrole nitrogens is 1. The fourth-order valence-corrected chi connectivity index (χ4v) is 3.16. The van der Waals surface area contributed by atoms with Crippen LogP contribution in [-0.2, 0) is 9.53 Å². The topological polar surface area (TPSA) is 118 Å². The number of urea groups is 1. The van der Waals surface area contributed by atoms with Gasteiger partial charge in [-0.1, -0.05) is 12.1 Å². The molecule has 31 heavy (non-hydrogen) atoms. The Morgan fingerprint density at radius 3 is 2.71 bits per heavy atom. The summed E-state index contributed by atoms with van der Waals surface area (Å²) < 4.78 is 20.0. The molecule has 0 radical (unpaired) electrons. The van der Waals surface area contributed by atoms with Crippen LogP contribution in [0.25, 0.3) is 27.8 Å². The number of hydrogen-bond acceptors (Lipinski definition) is 5. The number of halogens is 1. The standard InChI is InChI=1S/C21H18FN5O4/c1-2-31-17(28)11-24-21(30)25-12-6-8-13(9-7-12)27-20(29)15-10-23-19-14(18(15)26-27)4-3-5-16(19)22/h3-10,23H,2,11H2,1H3,(H2,24,25,30). The first-order valence-electron chi connectivity index (χ1n) is 9.47. The highest BCUT2D eigenvalue weighted by molar-refractivity contribution is 5.93. The number of hydrogen-bond donors (Lipinski definition) is 3. The van der Waals surface area contributed by atoms with E-state index in [1.165, 1.54) is 16.9 Å². The van der Waals surface area contributed by atoms with Gasteiger partial charge in [-0.25, -0.2) is 9.18 Å². The van der Waals surface area contributed by atoms with Crippen molar-refractivity contribution in [3.8, 4) is 16.9 Å². The quantitative estimate of drug-likeness (QED) is 0.427. The molecule has 0 unspecified atom stereocenters. The number of pyridine rings is 1. The summed E-state index contributed by atoms with van der Waals surface area (Å²) in [5.74, 6) is -0.968. The van der Waals surface area contributed by atoms with Crippen LogP contribution in [0.2, 0.25) is 0 Å². The maximum Gasteiger partial charge on any atom is 0.325 e. The van der Waals surface area contributed by atoms with Crippen molar-refractivity contribution < 1.29 is 18.7 Å². The van der Waals surface area contributed by atoms with Crippen molar-refractivity contribution in [3.63, 3.8) is 0 Å². The summed E-state index contributed by atoms with van der Waals surface area (Å²) in [5.41, 5.74) is 1.56. The lowest BCUT2D eigenvalue weighted by molar-refractivity contribution is -0.141. The summed E-state index contributed by atoms with van der Waals surface area (Å²) in [6.07, 6.45) is 1.44. The van der Waals surface area contributed by atoms with Crippen LogP contribution in [0.5, 0.6) is 0 Å². The highest BCUT2D eigenvalue weighted by atomic mass is 19.1. The van der Waals surface area contributed by atoms with E-state index >= 15 is 0 Å². The Labute approximate surface area is 175 Å². The summed E-state index contributed by atoms with van der Waals surface area (Å²) in [5, 5.41) is 9.84. The number of amides is 2. The molecule has 0 aromatic heterocycles. The van der Waals surface area contributed by atoms with Crippen molar-refractivity contribution in [1.82, 2.24) is 20.1 Å². The number of ether oxygens (including phenoxy) is 1. The van der Waals surface area contributed by atoms with Gasteiger partial charge < -0.3 is 20.4 Å². The second kappa shape index (κ2) is 8.27. The number of nitrogens with one attached hydrogen (secondary N) is 3. The van der Waals surface area contributed by atoms with Crippen LogP contribution < -0.4 is 16.2 Å². The lowest BCUT2D eigenvalue weighted by Crippen LogP contribution is -2.34. The van der Waals surface area contributed by atoms with Crippen LogP contribution in [0, 0.1) is 5.82 Å². The van der Waals surface area contributed by atoms with E-state index in [0.717, 1.165) is 0 Å². The highest BCUT2D eigenvalue weighted by Crippen LogP contribution is 2.27. The van der Waals surface area contributed by atoms with Gasteiger partial charge in [0, 0.05) is 17.3 Å². The van der Waals surface area contributed by atoms with Crippen LogP contribution in [0.1, 0.15) is 6.92 Å². The lowest BCUT2D eigenvalue weighted by atomic mass is 10.1. The Hall–Kier alpha value is -4.21.